The molecule has 1 aromatic rings. The summed E-state index contributed by atoms with van der Waals surface area (Å²) in [5.41, 5.74) is 5.80. The summed E-state index contributed by atoms with van der Waals surface area (Å²) in [7, 11) is 0. The molecule has 14 heavy (non-hydrogen) atoms. The third-order valence-corrected chi connectivity index (χ3v) is 3.72. The average molecular weight is 251 g/mol. The second kappa shape index (κ2) is 3.90. The van der Waals surface area contributed by atoms with E-state index in [9.17, 15) is 0 Å². The SMILES string of the molecule is CCCc1ccc2c(c1Br)CC(C)=C2. The summed E-state index contributed by atoms with van der Waals surface area (Å²) in [5.74, 6) is 0. The van der Waals surface area contributed by atoms with Crippen molar-refractivity contribution in [1.29, 1.82) is 0 Å². The monoisotopic (exact) mass is 250 g/mol. The lowest BCUT2D eigenvalue weighted by molar-refractivity contribution is 0.912. The molecule has 0 radical (unpaired) electrons. The quantitative estimate of drug-likeness (QED) is 0.732. The van der Waals surface area contributed by atoms with Crippen molar-refractivity contribution in [3.8, 4) is 0 Å². The summed E-state index contributed by atoms with van der Waals surface area (Å²) in [6.45, 7) is 4.43. The first-order valence-electron chi connectivity index (χ1n) is 5.19. The third-order valence-electron chi connectivity index (χ3n) is 2.74. The van der Waals surface area contributed by atoms with Gasteiger partial charge in [0.15, 0.2) is 0 Å². The number of allylic oxidation sites excluding steroid dienone is 1. The Labute approximate surface area is 94.2 Å². The summed E-state index contributed by atoms with van der Waals surface area (Å²) < 4.78 is 1.34. The predicted octanol–water partition coefficient (Wildman–Crippen LogP) is 4.36. The zero-order chi connectivity index (χ0) is 10.1. The van der Waals surface area contributed by atoms with Crippen LogP contribution in [0.2, 0.25) is 0 Å². The number of hydrogen-bond acceptors (Lipinski definition) is 0. The van der Waals surface area contributed by atoms with Crippen LogP contribution in [0.15, 0.2) is 22.2 Å². The molecule has 0 amide bonds. The summed E-state index contributed by atoms with van der Waals surface area (Å²) in [6, 6.07) is 4.50. The molecular formula is C13H15Br. The molecule has 0 spiro atoms. The van der Waals surface area contributed by atoms with Crippen LogP contribution in [0.25, 0.3) is 6.08 Å². The highest BCUT2D eigenvalue weighted by atomic mass is 79.9. The maximum atomic E-state index is 3.73. The Morgan fingerprint density at radius 2 is 2.14 bits per heavy atom. The van der Waals surface area contributed by atoms with Crippen LogP contribution in [0.5, 0.6) is 0 Å². The third kappa shape index (κ3) is 1.66. The minimum Gasteiger partial charge on any atom is -0.0683 e. The molecule has 0 atom stereocenters. The number of hydrogen-bond donors (Lipinski definition) is 0. The van der Waals surface area contributed by atoms with Gasteiger partial charge in [0.2, 0.25) is 0 Å². The molecule has 1 aliphatic rings. The van der Waals surface area contributed by atoms with Crippen LogP contribution in [0.4, 0.5) is 0 Å². The summed E-state index contributed by atoms with van der Waals surface area (Å²) in [5, 5.41) is 0. The topological polar surface area (TPSA) is 0 Å². The smallest absolute Gasteiger partial charge is 0.0248 e. The summed E-state index contributed by atoms with van der Waals surface area (Å²) >= 11 is 3.73. The first-order chi connectivity index (χ1) is 6.72. The molecule has 2 rings (SSSR count). The van der Waals surface area contributed by atoms with Crippen molar-refractivity contribution in [2.75, 3.05) is 0 Å². The first kappa shape index (κ1) is 9.97. The van der Waals surface area contributed by atoms with Gasteiger partial charge in [-0.15, -0.1) is 0 Å². The number of halogens is 1. The Kier molecular flexibility index (Phi) is 2.78. The summed E-state index contributed by atoms with van der Waals surface area (Å²) in [4.78, 5) is 0. The molecule has 0 aromatic heterocycles. The van der Waals surface area contributed by atoms with Gasteiger partial charge in [0, 0.05) is 4.47 Å². The fourth-order valence-corrected chi connectivity index (χ4v) is 2.76. The molecule has 0 saturated heterocycles. The molecule has 1 heteroatoms. The molecule has 0 fully saturated rings. The van der Waals surface area contributed by atoms with Gasteiger partial charge in [-0.1, -0.05) is 53.1 Å². The Balaban J connectivity index is 2.42. The number of benzene rings is 1. The van der Waals surface area contributed by atoms with Gasteiger partial charge in [0.1, 0.15) is 0 Å². The van der Waals surface area contributed by atoms with Gasteiger partial charge < -0.3 is 0 Å². The molecule has 0 N–H and O–H groups in total. The normalized spacial score (nSPS) is 14.1. The molecule has 0 bridgehead atoms. The van der Waals surface area contributed by atoms with Crippen molar-refractivity contribution in [2.24, 2.45) is 0 Å². The van der Waals surface area contributed by atoms with Crippen molar-refractivity contribution < 1.29 is 0 Å². The number of fused-ring (bicyclic) bond motifs is 1. The summed E-state index contributed by atoms with van der Waals surface area (Å²) in [6.07, 6.45) is 5.79. The van der Waals surface area contributed by atoms with Gasteiger partial charge in [-0.05, 0) is 36.5 Å². The fourth-order valence-electron chi connectivity index (χ4n) is 2.06. The second-order valence-corrected chi connectivity index (χ2v) is 4.82. The second-order valence-electron chi connectivity index (χ2n) is 4.02. The van der Waals surface area contributed by atoms with Crippen LogP contribution in [-0.2, 0) is 12.8 Å². The molecule has 1 aliphatic carbocycles. The predicted molar refractivity (Wildman–Crippen MR) is 65.5 cm³/mol. The maximum Gasteiger partial charge on any atom is 0.0248 e. The number of aryl methyl sites for hydroxylation is 1. The van der Waals surface area contributed by atoms with Crippen LogP contribution in [0.1, 0.15) is 37.0 Å². The Morgan fingerprint density at radius 1 is 1.36 bits per heavy atom. The van der Waals surface area contributed by atoms with Crippen LogP contribution in [-0.4, -0.2) is 0 Å². The van der Waals surface area contributed by atoms with Crippen molar-refractivity contribution >= 4 is 22.0 Å². The van der Waals surface area contributed by atoms with Crippen LogP contribution >= 0.6 is 15.9 Å². The van der Waals surface area contributed by atoms with E-state index in [0.29, 0.717) is 0 Å². The minimum absolute atomic E-state index is 1.12. The van der Waals surface area contributed by atoms with E-state index in [1.54, 1.807) is 0 Å². The zero-order valence-corrected chi connectivity index (χ0v) is 10.3. The Morgan fingerprint density at radius 3 is 2.86 bits per heavy atom. The van der Waals surface area contributed by atoms with Crippen LogP contribution in [0.3, 0.4) is 0 Å². The lowest BCUT2D eigenvalue weighted by Crippen LogP contribution is -1.92. The molecule has 0 aliphatic heterocycles. The molecule has 1 aromatic carbocycles. The van der Waals surface area contributed by atoms with Gasteiger partial charge in [0.05, 0.1) is 0 Å². The van der Waals surface area contributed by atoms with Crippen molar-refractivity contribution in [3.63, 3.8) is 0 Å². The molecule has 74 valence electrons. The molecule has 0 unspecified atom stereocenters. The van der Waals surface area contributed by atoms with Crippen molar-refractivity contribution in [3.05, 3.63) is 38.9 Å². The van der Waals surface area contributed by atoms with Crippen molar-refractivity contribution in [1.82, 2.24) is 0 Å². The van der Waals surface area contributed by atoms with E-state index < -0.39 is 0 Å². The van der Waals surface area contributed by atoms with E-state index in [2.05, 4.69) is 48.0 Å². The Bertz CT molecular complexity index is 388. The molecule has 0 heterocycles. The zero-order valence-electron chi connectivity index (χ0n) is 8.73. The molecule has 0 saturated carbocycles. The van der Waals surface area contributed by atoms with E-state index in [1.807, 2.05) is 0 Å². The first-order valence-corrected chi connectivity index (χ1v) is 5.99. The highest BCUT2D eigenvalue weighted by Crippen LogP contribution is 2.33. The lowest BCUT2D eigenvalue weighted by Gasteiger charge is -2.08. The van der Waals surface area contributed by atoms with Crippen molar-refractivity contribution in [2.45, 2.75) is 33.1 Å². The van der Waals surface area contributed by atoms with E-state index in [4.69, 9.17) is 0 Å². The highest BCUT2D eigenvalue weighted by molar-refractivity contribution is 9.10. The highest BCUT2D eigenvalue weighted by Gasteiger charge is 2.14. The number of rotatable bonds is 2. The van der Waals surface area contributed by atoms with Gasteiger partial charge in [-0.3, -0.25) is 0 Å². The Hall–Kier alpha value is -0.560. The van der Waals surface area contributed by atoms with Gasteiger partial charge in [-0.2, -0.15) is 0 Å². The van der Waals surface area contributed by atoms with Gasteiger partial charge >= 0.3 is 0 Å². The standard InChI is InChI=1S/C13H15Br/c1-3-4-10-5-6-11-7-9(2)8-12(11)13(10)14/h5-7H,3-4,8H2,1-2H3. The van der Waals surface area contributed by atoms with E-state index >= 15 is 0 Å². The van der Waals surface area contributed by atoms with Gasteiger partial charge in [-0.25, -0.2) is 0 Å². The lowest BCUT2D eigenvalue weighted by atomic mass is 10.0. The van der Waals surface area contributed by atoms with Gasteiger partial charge in [0.25, 0.3) is 0 Å². The molecular weight excluding hydrogens is 236 g/mol. The van der Waals surface area contributed by atoms with E-state index in [1.165, 1.54) is 39.6 Å². The maximum absolute atomic E-state index is 3.73. The van der Waals surface area contributed by atoms with E-state index in [0.717, 1.165) is 6.42 Å². The van der Waals surface area contributed by atoms with Crippen LogP contribution < -0.4 is 0 Å². The van der Waals surface area contributed by atoms with Crippen LogP contribution in [0, 0.1) is 0 Å². The fraction of sp³-hybridized carbons (Fsp3) is 0.385. The molecule has 0 nitrogen and oxygen atoms in total. The largest absolute Gasteiger partial charge is 0.0683 e. The van der Waals surface area contributed by atoms with E-state index in [-0.39, 0.29) is 0 Å². The average Bonchev–Trinajstić information content (AvgIpc) is 2.52. The minimum atomic E-state index is 1.12.